The van der Waals surface area contributed by atoms with Gasteiger partial charge in [-0.05, 0) is 25.1 Å². The average molecular weight is 275 g/mol. The standard InChI is InChI=1S/C11H15ClN2O2S/c1-9-8-13-5-6-14(9)17(15,16)11-4-2-3-10(12)7-11/h2-4,7,9,13H,5-6,8H2,1H3. The van der Waals surface area contributed by atoms with Crippen LogP contribution in [0.2, 0.25) is 5.02 Å². The number of rotatable bonds is 2. The molecule has 1 heterocycles. The summed E-state index contributed by atoms with van der Waals surface area (Å²) < 4.78 is 26.3. The average Bonchev–Trinajstić information content (AvgIpc) is 2.29. The van der Waals surface area contributed by atoms with Gasteiger partial charge < -0.3 is 5.32 Å². The van der Waals surface area contributed by atoms with Crippen LogP contribution < -0.4 is 5.32 Å². The molecule has 6 heteroatoms. The van der Waals surface area contributed by atoms with Gasteiger partial charge in [-0.15, -0.1) is 0 Å². The zero-order valence-corrected chi connectivity index (χ0v) is 11.1. The van der Waals surface area contributed by atoms with Crippen LogP contribution in [0.3, 0.4) is 0 Å². The van der Waals surface area contributed by atoms with E-state index in [2.05, 4.69) is 5.32 Å². The number of halogens is 1. The van der Waals surface area contributed by atoms with Gasteiger partial charge >= 0.3 is 0 Å². The molecule has 1 fully saturated rings. The monoisotopic (exact) mass is 274 g/mol. The Bertz CT molecular complexity index is 504. The summed E-state index contributed by atoms with van der Waals surface area (Å²) in [5.74, 6) is 0. The summed E-state index contributed by atoms with van der Waals surface area (Å²) in [5.41, 5.74) is 0. The molecule has 1 unspecified atom stereocenters. The van der Waals surface area contributed by atoms with E-state index < -0.39 is 10.0 Å². The number of piperazine rings is 1. The van der Waals surface area contributed by atoms with E-state index in [4.69, 9.17) is 11.6 Å². The molecular weight excluding hydrogens is 260 g/mol. The molecule has 17 heavy (non-hydrogen) atoms. The van der Waals surface area contributed by atoms with Crippen molar-refractivity contribution < 1.29 is 8.42 Å². The summed E-state index contributed by atoms with van der Waals surface area (Å²) in [6, 6.07) is 6.36. The Morgan fingerprint density at radius 3 is 2.88 bits per heavy atom. The maximum atomic E-state index is 12.4. The van der Waals surface area contributed by atoms with Crippen molar-refractivity contribution in [2.45, 2.75) is 17.9 Å². The second-order valence-corrected chi connectivity index (χ2v) is 6.45. The van der Waals surface area contributed by atoms with Gasteiger partial charge in [-0.1, -0.05) is 17.7 Å². The van der Waals surface area contributed by atoms with E-state index >= 15 is 0 Å². The number of nitrogens with zero attached hydrogens (tertiary/aromatic N) is 1. The Morgan fingerprint density at radius 1 is 1.47 bits per heavy atom. The van der Waals surface area contributed by atoms with Gasteiger partial charge in [0.2, 0.25) is 10.0 Å². The minimum atomic E-state index is -3.42. The topological polar surface area (TPSA) is 49.4 Å². The Balaban J connectivity index is 2.35. The molecule has 1 N–H and O–H groups in total. The lowest BCUT2D eigenvalue weighted by Gasteiger charge is -2.32. The molecule has 1 atom stereocenters. The van der Waals surface area contributed by atoms with Crippen LogP contribution in [-0.4, -0.2) is 38.4 Å². The molecule has 4 nitrogen and oxygen atoms in total. The molecule has 0 spiro atoms. The van der Waals surface area contributed by atoms with Gasteiger partial charge in [0.25, 0.3) is 0 Å². The maximum Gasteiger partial charge on any atom is 0.243 e. The highest BCUT2D eigenvalue weighted by molar-refractivity contribution is 7.89. The van der Waals surface area contributed by atoms with E-state index in [1.54, 1.807) is 18.2 Å². The van der Waals surface area contributed by atoms with E-state index in [-0.39, 0.29) is 10.9 Å². The lowest BCUT2D eigenvalue weighted by atomic mass is 10.3. The van der Waals surface area contributed by atoms with Gasteiger partial charge in [0.05, 0.1) is 4.90 Å². The van der Waals surface area contributed by atoms with Crippen LogP contribution in [0.5, 0.6) is 0 Å². The van der Waals surface area contributed by atoms with Crippen LogP contribution in [-0.2, 0) is 10.0 Å². The third-order valence-corrected chi connectivity index (χ3v) is 5.09. The predicted molar refractivity (Wildman–Crippen MR) is 67.7 cm³/mol. The molecule has 94 valence electrons. The molecule has 0 bridgehead atoms. The van der Waals surface area contributed by atoms with Gasteiger partial charge in [0.1, 0.15) is 0 Å². The molecule has 1 aromatic rings. The predicted octanol–water partition coefficient (Wildman–Crippen LogP) is 1.32. The van der Waals surface area contributed by atoms with Crippen LogP contribution in [0.1, 0.15) is 6.92 Å². The largest absolute Gasteiger partial charge is 0.314 e. The molecule has 0 saturated carbocycles. The molecular formula is C11H15ClN2O2S. The molecule has 1 aliphatic rings. The summed E-state index contributed by atoms with van der Waals surface area (Å²) in [4.78, 5) is 0.263. The Labute approximate surface area is 107 Å². The highest BCUT2D eigenvalue weighted by atomic mass is 35.5. The van der Waals surface area contributed by atoms with Gasteiger partial charge in [-0.25, -0.2) is 8.42 Å². The van der Waals surface area contributed by atoms with Gasteiger partial charge in [-0.2, -0.15) is 4.31 Å². The van der Waals surface area contributed by atoms with Crippen molar-refractivity contribution in [1.29, 1.82) is 0 Å². The SMILES string of the molecule is CC1CNCCN1S(=O)(=O)c1cccc(Cl)c1. The quantitative estimate of drug-likeness (QED) is 0.885. The minimum Gasteiger partial charge on any atom is -0.314 e. The number of sulfonamides is 1. The number of nitrogens with one attached hydrogen (secondary N) is 1. The first-order valence-electron chi connectivity index (χ1n) is 5.50. The highest BCUT2D eigenvalue weighted by Gasteiger charge is 2.30. The fourth-order valence-corrected chi connectivity index (χ4v) is 3.87. The van der Waals surface area contributed by atoms with Crippen LogP contribution in [0.25, 0.3) is 0 Å². The van der Waals surface area contributed by atoms with E-state index in [1.165, 1.54) is 10.4 Å². The van der Waals surface area contributed by atoms with Crippen molar-refractivity contribution in [3.63, 3.8) is 0 Å². The first kappa shape index (κ1) is 12.8. The van der Waals surface area contributed by atoms with Crippen molar-refractivity contribution in [2.75, 3.05) is 19.6 Å². The van der Waals surface area contributed by atoms with Crippen molar-refractivity contribution in [2.24, 2.45) is 0 Å². The van der Waals surface area contributed by atoms with Crippen LogP contribution in [0.15, 0.2) is 29.2 Å². The van der Waals surface area contributed by atoms with Crippen LogP contribution >= 0.6 is 11.6 Å². The first-order chi connectivity index (χ1) is 8.01. The molecule has 0 aromatic heterocycles. The van der Waals surface area contributed by atoms with Crippen molar-refractivity contribution in [1.82, 2.24) is 9.62 Å². The molecule has 0 aliphatic carbocycles. The number of hydrogen-bond donors (Lipinski definition) is 1. The normalized spacial score (nSPS) is 22.6. The fraction of sp³-hybridized carbons (Fsp3) is 0.455. The summed E-state index contributed by atoms with van der Waals surface area (Å²) in [6.07, 6.45) is 0. The van der Waals surface area contributed by atoms with Crippen molar-refractivity contribution in [3.8, 4) is 0 Å². The first-order valence-corrected chi connectivity index (χ1v) is 7.32. The highest BCUT2D eigenvalue weighted by Crippen LogP contribution is 2.21. The van der Waals surface area contributed by atoms with Crippen molar-refractivity contribution >= 4 is 21.6 Å². The zero-order valence-electron chi connectivity index (χ0n) is 9.56. The molecule has 0 amide bonds. The maximum absolute atomic E-state index is 12.4. The van der Waals surface area contributed by atoms with Crippen molar-refractivity contribution in [3.05, 3.63) is 29.3 Å². The fourth-order valence-electron chi connectivity index (χ4n) is 1.94. The van der Waals surface area contributed by atoms with E-state index in [0.717, 1.165) is 0 Å². The molecule has 1 aliphatic heterocycles. The lowest BCUT2D eigenvalue weighted by Crippen LogP contribution is -2.52. The third-order valence-electron chi connectivity index (χ3n) is 2.84. The number of hydrogen-bond acceptors (Lipinski definition) is 3. The molecule has 1 aromatic carbocycles. The Kier molecular flexibility index (Phi) is 3.73. The molecule has 1 saturated heterocycles. The van der Waals surface area contributed by atoms with E-state index in [1.807, 2.05) is 6.92 Å². The second kappa shape index (κ2) is 4.94. The summed E-state index contributed by atoms with van der Waals surface area (Å²) in [7, 11) is -3.42. The zero-order chi connectivity index (χ0) is 12.5. The summed E-state index contributed by atoms with van der Waals surface area (Å²) in [6.45, 7) is 3.76. The smallest absolute Gasteiger partial charge is 0.243 e. The molecule has 0 radical (unpaired) electrons. The van der Waals surface area contributed by atoms with E-state index in [0.29, 0.717) is 24.7 Å². The summed E-state index contributed by atoms with van der Waals surface area (Å²) in [5, 5.41) is 3.61. The molecule has 2 rings (SSSR count). The van der Waals surface area contributed by atoms with Crippen LogP contribution in [0, 0.1) is 0 Å². The van der Waals surface area contributed by atoms with E-state index in [9.17, 15) is 8.42 Å². The third kappa shape index (κ3) is 2.63. The minimum absolute atomic E-state index is 0.0345. The van der Waals surface area contributed by atoms with Gasteiger partial charge in [0, 0.05) is 30.7 Å². The summed E-state index contributed by atoms with van der Waals surface area (Å²) >= 11 is 5.83. The Morgan fingerprint density at radius 2 is 2.24 bits per heavy atom. The second-order valence-electron chi connectivity index (χ2n) is 4.13. The van der Waals surface area contributed by atoms with Gasteiger partial charge in [0.15, 0.2) is 0 Å². The number of benzene rings is 1. The lowest BCUT2D eigenvalue weighted by molar-refractivity contribution is 0.284. The van der Waals surface area contributed by atoms with Crippen LogP contribution in [0.4, 0.5) is 0 Å². The Hall–Kier alpha value is -0.620. The van der Waals surface area contributed by atoms with Gasteiger partial charge in [-0.3, -0.25) is 0 Å².